The molecule has 0 saturated heterocycles. The minimum Gasteiger partial charge on any atom is -0.465 e. The van der Waals surface area contributed by atoms with Crippen molar-refractivity contribution in [2.24, 2.45) is 17.3 Å². The van der Waals surface area contributed by atoms with Gasteiger partial charge in [-0.25, -0.2) is 0 Å². The summed E-state index contributed by atoms with van der Waals surface area (Å²) in [5.41, 5.74) is 13.6. The Morgan fingerprint density at radius 2 is 1.33 bits per heavy atom. The van der Waals surface area contributed by atoms with E-state index in [0.29, 0.717) is 23.3 Å². The SMILES string of the molecule is CC.CCC(C)C(C)(CC(C)C)C(O)Oc1ccc(N)cc1.Cc1ccc(N)cc1. The second-order valence-electron chi connectivity index (χ2n) is 8.36. The van der Waals surface area contributed by atoms with Crippen LogP contribution in [0.5, 0.6) is 5.75 Å². The summed E-state index contributed by atoms with van der Waals surface area (Å²) < 4.78 is 5.76. The molecule has 0 aliphatic carbocycles. The van der Waals surface area contributed by atoms with Crippen LogP contribution in [0.3, 0.4) is 0 Å². The average Bonchev–Trinajstić information content (AvgIpc) is 2.72. The molecule has 0 bridgehead atoms. The van der Waals surface area contributed by atoms with Crippen LogP contribution in [0.4, 0.5) is 11.4 Å². The minimum absolute atomic E-state index is 0.260. The molecular formula is C26H44N2O2. The molecule has 5 N–H and O–H groups in total. The first-order chi connectivity index (χ1) is 14.1. The Balaban J connectivity index is 0.000000696. The summed E-state index contributed by atoms with van der Waals surface area (Å²) >= 11 is 0. The molecule has 0 fully saturated rings. The van der Waals surface area contributed by atoms with Crippen LogP contribution >= 0.6 is 0 Å². The molecule has 3 atom stereocenters. The second kappa shape index (κ2) is 13.9. The zero-order valence-electron chi connectivity index (χ0n) is 20.3. The van der Waals surface area contributed by atoms with Gasteiger partial charge in [-0.2, -0.15) is 0 Å². The number of benzene rings is 2. The maximum Gasteiger partial charge on any atom is 0.203 e. The minimum atomic E-state index is -0.816. The van der Waals surface area contributed by atoms with E-state index in [9.17, 15) is 5.11 Å². The number of hydrogen-bond donors (Lipinski definition) is 3. The van der Waals surface area contributed by atoms with E-state index in [0.717, 1.165) is 18.5 Å². The van der Waals surface area contributed by atoms with Crippen LogP contribution in [0.15, 0.2) is 48.5 Å². The van der Waals surface area contributed by atoms with E-state index in [2.05, 4.69) is 34.6 Å². The lowest BCUT2D eigenvalue weighted by atomic mass is 9.71. The number of nitrogens with two attached hydrogens (primary N) is 2. The Morgan fingerprint density at radius 3 is 1.70 bits per heavy atom. The molecule has 30 heavy (non-hydrogen) atoms. The number of hydrogen-bond acceptors (Lipinski definition) is 4. The Labute approximate surface area is 184 Å². The summed E-state index contributed by atoms with van der Waals surface area (Å²) in [6.07, 6.45) is 1.13. The van der Waals surface area contributed by atoms with Crippen molar-refractivity contribution in [3.05, 3.63) is 54.1 Å². The monoisotopic (exact) mass is 416 g/mol. The number of nitrogen functional groups attached to an aromatic ring is 2. The van der Waals surface area contributed by atoms with Gasteiger partial charge in [0.05, 0.1) is 0 Å². The van der Waals surface area contributed by atoms with Gasteiger partial charge in [0.15, 0.2) is 0 Å². The lowest BCUT2D eigenvalue weighted by molar-refractivity contribution is -0.138. The van der Waals surface area contributed by atoms with Gasteiger partial charge in [-0.15, -0.1) is 0 Å². The van der Waals surface area contributed by atoms with Crippen molar-refractivity contribution in [3.63, 3.8) is 0 Å². The van der Waals surface area contributed by atoms with Crippen molar-refractivity contribution >= 4 is 11.4 Å². The molecule has 0 amide bonds. The first kappa shape index (κ1) is 27.8. The lowest BCUT2D eigenvalue weighted by Crippen LogP contribution is -2.42. The molecule has 0 aliphatic heterocycles. The number of aryl methyl sites for hydroxylation is 1. The summed E-state index contributed by atoms with van der Waals surface area (Å²) in [6, 6.07) is 14.9. The molecule has 4 heteroatoms. The van der Waals surface area contributed by atoms with Gasteiger partial charge < -0.3 is 21.3 Å². The molecule has 4 nitrogen and oxygen atoms in total. The van der Waals surface area contributed by atoms with E-state index >= 15 is 0 Å². The zero-order valence-corrected chi connectivity index (χ0v) is 20.3. The Kier molecular flexibility index (Phi) is 12.9. The molecule has 2 aromatic carbocycles. The second-order valence-corrected chi connectivity index (χ2v) is 8.36. The van der Waals surface area contributed by atoms with E-state index in [1.807, 2.05) is 45.0 Å². The van der Waals surface area contributed by atoms with Crippen molar-refractivity contribution in [1.29, 1.82) is 0 Å². The van der Waals surface area contributed by atoms with Crippen LogP contribution in [-0.2, 0) is 0 Å². The third-order valence-electron chi connectivity index (χ3n) is 5.36. The van der Waals surface area contributed by atoms with E-state index in [1.165, 1.54) is 5.56 Å². The maximum absolute atomic E-state index is 10.6. The maximum atomic E-state index is 10.6. The first-order valence-corrected chi connectivity index (χ1v) is 11.1. The largest absolute Gasteiger partial charge is 0.465 e. The molecule has 0 saturated carbocycles. The predicted octanol–water partition coefficient (Wildman–Crippen LogP) is 6.67. The van der Waals surface area contributed by atoms with E-state index < -0.39 is 6.29 Å². The molecule has 0 radical (unpaired) electrons. The quantitative estimate of drug-likeness (QED) is 0.348. The fraction of sp³-hybridized carbons (Fsp3) is 0.538. The summed E-state index contributed by atoms with van der Waals surface area (Å²) in [4.78, 5) is 0. The van der Waals surface area contributed by atoms with Gasteiger partial charge in [0.2, 0.25) is 6.29 Å². The number of aliphatic hydroxyl groups is 1. The summed E-state index contributed by atoms with van der Waals surface area (Å²) in [5, 5.41) is 10.6. The van der Waals surface area contributed by atoms with Crippen molar-refractivity contribution < 1.29 is 9.84 Å². The summed E-state index contributed by atoms with van der Waals surface area (Å²) in [7, 11) is 0. The third kappa shape index (κ3) is 9.53. The topological polar surface area (TPSA) is 81.5 Å². The van der Waals surface area contributed by atoms with Crippen molar-refractivity contribution in [1.82, 2.24) is 0 Å². The molecule has 170 valence electrons. The molecule has 0 spiro atoms. The smallest absolute Gasteiger partial charge is 0.203 e. The van der Waals surface area contributed by atoms with Crippen LogP contribution in [0.1, 0.15) is 66.9 Å². The molecule has 3 unspecified atom stereocenters. The Morgan fingerprint density at radius 1 is 0.900 bits per heavy atom. The first-order valence-electron chi connectivity index (χ1n) is 11.1. The zero-order chi connectivity index (χ0) is 23.3. The average molecular weight is 417 g/mol. The lowest BCUT2D eigenvalue weighted by Gasteiger charge is -2.40. The highest BCUT2D eigenvalue weighted by Gasteiger charge is 2.39. The van der Waals surface area contributed by atoms with Gasteiger partial charge in [0, 0.05) is 16.8 Å². The number of aliphatic hydroxyl groups excluding tert-OH is 1. The van der Waals surface area contributed by atoms with E-state index in [-0.39, 0.29) is 5.41 Å². The molecule has 0 aliphatic rings. The standard InChI is InChI=1S/C17H29NO2.C7H9N.C2H6/c1-6-13(4)17(5,11-12(2)3)16(19)20-15-9-7-14(18)8-10-15;1-6-2-4-7(8)5-3-6;1-2/h7-10,12-13,16,19H,6,11,18H2,1-5H3;2-5H,8H2,1H3;1-2H3. The van der Waals surface area contributed by atoms with E-state index in [4.69, 9.17) is 16.2 Å². The van der Waals surface area contributed by atoms with Gasteiger partial charge in [-0.05, 0) is 61.6 Å². The molecule has 0 heterocycles. The predicted molar refractivity (Wildman–Crippen MR) is 131 cm³/mol. The molecule has 2 aromatic rings. The Hall–Kier alpha value is -2.20. The van der Waals surface area contributed by atoms with Gasteiger partial charge in [-0.1, -0.05) is 72.6 Å². The molecule has 0 aromatic heterocycles. The fourth-order valence-corrected chi connectivity index (χ4v) is 3.27. The highest BCUT2D eigenvalue weighted by molar-refractivity contribution is 5.41. The fourth-order valence-electron chi connectivity index (χ4n) is 3.27. The van der Waals surface area contributed by atoms with Crippen molar-refractivity contribution in [2.45, 2.75) is 74.5 Å². The van der Waals surface area contributed by atoms with Crippen molar-refractivity contribution in [3.8, 4) is 5.75 Å². The third-order valence-corrected chi connectivity index (χ3v) is 5.36. The van der Waals surface area contributed by atoms with Gasteiger partial charge in [0.1, 0.15) is 5.75 Å². The summed E-state index contributed by atoms with van der Waals surface area (Å²) in [5.74, 6) is 1.55. The number of ether oxygens (including phenoxy) is 1. The normalized spacial score (nSPS) is 14.3. The van der Waals surface area contributed by atoms with Crippen LogP contribution < -0.4 is 16.2 Å². The Bertz CT molecular complexity index is 662. The number of anilines is 2. The van der Waals surface area contributed by atoms with Crippen LogP contribution in [0.2, 0.25) is 0 Å². The molecular weight excluding hydrogens is 372 g/mol. The van der Waals surface area contributed by atoms with Gasteiger partial charge in [0.25, 0.3) is 0 Å². The summed E-state index contributed by atoms with van der Waals surface area (Å²) in [6.45, 7) is 16.8. The molecule has 2 rings (SSSR count). The van der Waals surface area contributed by atoms with Crippen LogP contribution in [-0.4, -0.2) is 11.4 Å². The van der Waals surface area contributed by atoms with E-state index in [1.54, 1.807) is 24.3 Å². The van der Waals surface area contributed by atoms with Gasteiger partial charge >= 0.3 is 0 Å². The van der Waals surface area contributed by atoms with Crippen LogP contribution in [0, 0.1) is 24.2 Å². The van der Waals surface area contributed by atoms with Crippen LogP contribution in [0.25, 0.3) is 0 Å². The number of rotatable bonds is 7. The highest BCUT2D eigenvalue weighted by Crippen LogP contribution is 2.40. The van der Waals surface area contributed by atoms with Crippen molar-refractivity contribution in [2.75, 3.05) is 11.5 Å². The van der Waals surface area contributed by atoms with Gasteiger partial charge in [-0.3, -0.25) is 0 Å². The highest BCUT2D eigenvalue weighted by atomic mass is 16.6.